The van der Waals surface area contributed by atoms with E-state index < -0.39 is 18.5 Å². The molecule has 0 aliphatic rings. The largest absolute Gasteiger partial charge is 0.454 e. The van der Waals surface area contributed by atoms with Gasteiger partial charge in [-0.3, -0.25) is 14.4 Å². The van der Waals surface area contributed by atoms with Crippen molar-refractivity contribution in [3.8, 4) is 0 Å². The number of rotatable bonds is 7. The molecule has 0 spiro atoms. The second-order valence-corrected chi connectivity index (χ2v) is 6.90. The number of pyridine rings is 1. The molecule has 0 radical (unpaired) electrons. The Morgan fingerprint density at radius 1 is 0.929 bits per heavy atom. The van der Waals surface area contributed by atoms with Gasteiger partial charge in [0.15, 0.2) is 6.61 Å². The van der Waals surface area contributed by atoms with Crippen LogP contribution in [0.25, 0.3) is 0 Å². The number of amides is 1. The van der Waals surface area contributed by atoms with E-state index in [-0.39, 0.29) is 12.1 Å². The monoisotopic (exact) mass is 394 g/mol. The van der Waals surface area contributed by atoms with E-state index in [0.717, 1.165) is 9.79 Å². The average Bonchev–Trinajstić information content (AvgIpc) is 2.70. The molecule has 0 saturated carbocycles. The summed E-state index contributed by atoms with van der Waals surface area (Å²) in [5, 5.41) is 2.76. The summed E-state index contributed by atoms with van der Waals surface area (Å²) in [6.45, 7) is -0.668. The van der Waals surface area contributed by atoms with Crippen molar-refractivity contribution in [2.75, 3.05) is 11.9 Å². The van der Waals surface area contributed by atoms with Gasteiger partial charge in [0, 0.05) is 22.1 Å². The maximum atomic E-state index is 12.2. The molecular weight excluding hydrogens is 376 g/mol. The summed E-state index contributed by atoms with van der Waals surface area (Å²) in [6, 6.07) is 21.8. The van der Waals surface area contributed by atoms with Crippen LogP contribution >= 0.6 is 11.8 Å². The maximum absolute atomic E-state index is 12.2. The molecule has 7 heteroatoms. The van der Waals surface area contributed by atoms with E-state index in [1.165, 1.54) is 28.6 Å². The van der Waals surface area contributed by atoms with E-state index in [9.17, 15) is 14.4 Å². The molecular formula is C21H18N2O4S. The van der Waals surface area contributed by atoms with Gasteiger partial charge in [0.25, 0.3) is 11.5 Å². The molecule has 6 nitrogen and oxygen atoms in total. The number of para-hydroxylation sites is 1. The topological polar surface area (TPSA) is 77.4 Å². The smallest absolute Gasteiger partial charge is 0.326 e. The lowest BCUT2D eigenvalue weighted by atomic mass is 10.3. The van der Waals surface area contributed by atoms with Gasteiger partial charge in [0.1, 0.15) is 6.54 Å². The first-order chi connectivity index (χ1) is 13.6. The molecule has 0 aliphatic heterocycles. The predicted octanol–water partition coefficient (Wildman–Crippen LogP) is 3.18. The summed E-state index contributed by atoms with van der Waals surface area (Å²) in [7, 11) is 0. The zero-order chi connectivity index (χ0) is 19.8. The first-order valence-corrected chi connectivity index (χ1v) is 9.36. The molecule has 28 heavy (non-hydrogen) atoms. The van der Waals surface area contributed by atoms with Crippen LogP contribution in [0.1, 0.15) is 0 Å². The SMILES string of the molecule is O=C(COC(=O)Cn1ccccc1=O)Nc1ccccc1Sc1ccccc1. The molecule has 3 rings (SSSR count). The fourth-order valence-electron chi connectivity index (χ4n) is 2.38. The van der Waals surface area contributed by atoms with Crippen molar-refractivity contribution >= 4 is 29.3 Å². The van der Waals surface area contributed by atoms with Crippen LogP contribution in [0, 0.1) is 0 Å². The van der Waals surface area contributed by atoms with Crippen LogP contribution < -0.4 is 10.9 Å². The van der Waals surface area contributed by atoms with Gasteiger partial charge in [-0.15, -0.1) is 0 Å². The minimum atomic E-state index is -0.657. The van der Waals surface area contributed by atoms with Gasteiger partial charge in [-0.05, 0) is 30.3 Å². The molecule has 3 aromatic rings. The normalized spacial score (nSPS) is 10.3. The first kappa shape index (κ1) is 19.4. The second-order valence-electron chi connectivity index (χ2n) is 5.79. The van der Waals surface area contributed by atoms with Gasteiger partial charge in [0.05, 0.1) is 5.69 Å². The van der Waals surface area contributed by atoms with Crippen molar-refractivity contribution in [3.63, 3.8) is 0 Å². The highest BCUT2D eigenvalue weighted by Crippen LogP contribution is 2.33. The highest BCUT2D eigenvalue weighted by molar-refractivity contribution is 7.99. The van der Waals surface area contributed by atoms with Gasteiger partial charge in [-0.25, -0.2) is 0 Å². The van der Waals surface area contributed by atoms with Crippen molar-refractivity contribution < 1.29 is 14.3 Å². The number of esters is 1. The van der Waals surface area contributed by atoms with Gasteiger partial charge in [-0.2, -0.15) is 0 Å². The quantitative estimate of drug-likeness (QED) is 0.623. The van der Waals surface area contributed by atoms with Crippen molar-refractivity contribution in [2.45, 2.75) is 16.3 Å². The van der Waals surface area contributed by atoms with Crippen molar-refractivity contribution in [2.24, 2.45) is 0 Å². The Balaban J connectivity index is 1.56. The lowest BCUT2D eigenvalue weighted by molar-refractivity contribution is -0.147. The summed E-state index contributed by atoms with van der Waals surface area (Å²) in [6.07, 6.45) is 1.49. The van der Waals surface area contributed by atoms with E-state index >= 15 is 0 Å². The van der Waals surface area contributed by atoms with Gasteiger partial charge >= 0.3 is 5.97 Å². The minimum absolute atomic E-state index is 0.243. The van der Waals surface area contributed by atoms with Gasteiger partial charge < -0.3 is 14.6 Å². The molecule has 0 bridgehead atoms. The van der Waals surface area contributed by atoms with E-state index in [2.05, 4.69) is 5.32 Å². The molecule has 0 saturated heterocycles. The molecule has 0 unspecified atom stereocenters. The molecule has 1 heterocycles. The fraction of sp³-hybridized carbons (Fsp3) is 0.0952. The number of benzene rings is 2. The predicted molar refractivity (Wildman–Crippen MR) is 107 cm³/mol. The van der Waals surface area contributed by atoms with Crippen LogP contribution in [0.4, 0.5) is 5.69 Å². The Morgan fingerprint density at radius 3 is 2.43 bits per heavy atom. The summed E-state index contributed by atoms with van der Waals surface area (Å²) in [5.74, 6) is -1.11. The van der Waals surface area contributed by atoms with Crippen LogP contribution in [-0.2, 0) is 20.9 Å². The Hall–Kier alpha value is -3.32. The Labute approximate surface area is 166 Å². The van der Waals surface area contributed by atoms with Crippen LogP contribution in [0.3, 0.4) is 0 Å². The third-order valence-electron chi connectivity index (χ3n) is 3.69. The Kier molecular flexibility index (Phi) is 6.64. The number of anilines is 1. The number of hydrogen-bond donors (Lipinski definition) is 1. The minimum Gasteiger partial charge on any atom is -0.454 e. The number of nitrogens with zero attached hydrogens (tertiary/aromatic N) is 1. The van der Waals surface area contributed by atoms with Gasteiger partial charge in [-0.1, -0.05) is 48.2 Å². The lowest BCUT2D eigenvalue weighted by Gasteiger charge is -2.11. The van der Waals surface area contributed by atoms with Gasteiger partial charge in [0.2, 0.25) is 0 Å². The zero-order valence-electron chi connectivity index (χ0n) is 14.9. The molecule has 0 aliphatic carbocycles. The van der Waals surface area contributed by atoms with E-state index in [1.54, 1.807) is 18.2 Å². The summed E-state index contributed by atoms with van der Waals surface area (Å²) >= 11 is 1.52. The van der Waals surface area contributed by atoms with E-state index in [4.69, 9.17) is 4.74 Å². The standard InChI is InChI=1S/C21H18N2O4S/c24-19(15-27-21(26)14-23-13-7-6-12-20(23)25)22-17-10-4-5-11-18(17)28-16-8-2-1-3-9-16/h1-13H,14-15H2,(H,22,24). The lowest BCUT2D eigenvalue weighted by Crippen LogP contribution is -2.27. The molecule has 1 amide bonds. The van der Waals surface area contributed by atoms with Crippen molar-refractivity contribution in [1.29, 1.82) is 0 Å². The van der Waals surface area contributed by atoms with Crippen LogP contribution in [0.2, 0.25) is 0 Å². The number of carbonyl (C=O) groups is 2. The first-order valence-electron chi connectivity index (χ1n) is 8.55. The molecule has 1 aromatic heterocycles. The number of hydrogen-bond acceptors (Lipinski definition) is 5. The number of nitrogens with one attached hydrogen (secondary N) is 1. The number of aromatic nitrogens is 1. The maximum Gasteiger partial charge on any atom is 0.326 e. The summed E-state index contributed by atoms with van der Waals surface area (Å²) in [5.41, 5.74) is 0.326. The molecule has 142 valence electrons. The average molecular weight is 394 g/mol. The van der Waals surface area contributed by atoms with Crippen LogP contribution in [-0.4, -0.2) is 23.1 Å². The number of ether oxygens (including phenoxy) is 1. The van der Waals surface area contributed by atoms with E-state index in [0.29, 0.717) is 5.69 Å². The Morgan fingerprint density at radius 2 is 1.64 bits per heavy atom. The molecule has 1 N–H and O–H groups in total. The number of carbonyl (C=O) groups excluding carboxylic acids is 2. The molecule has 0 fully saturated rings. The second kappa shape index (κ2) is 9.57. The Bertz CT molecular complexity index is 1020. The van der Waals surface area contributed by atoms with Crippen molar-refractivity contribution in [1.82, 2.24) is 4.57 Å². The highest BCUT2D eigenvalue weighted by Gasteiger charge is 2.11. The zero-order valence-corrected chi connectivity index (χ0v) is 15.7. The third-order valence-corrected chi connectivity index (χ3v) is 4.78. The highest BCUT2D eigenvalue weighted by atomic mass is 32.2. The van der Waals surface area contributed by atoms with E-state index in [1.807, 2.05) is 48.5 Å². The summed E-state index contributed by atoms with van der Waals surface area (Å²) in [4.78, 5) is 37.6. The summed E-state index contributed by atoms with van der Waals surface area (Å²) < 4.78 is 6.19. The fourth-order valence-corrected chi connectivity index (χ4v) is 3.31. The van der Waals surface area contributed by atoms with Crippen molar-refractivity contribution in [3.05, 3.63) is 89.3 Å². The molecule has 0 atom stereocenters. The molecule has 2 aromatic carbocycles. The van der Waals surface area contributed by atoms with Crippen LogP contribution in [0.15, 0.2) is 93.6 Å². The third kappa shape index (κ3) is 5.59. The van der Waals surface area contributed by atoms with Crippen LogP contribution in [0.5, 0.6) is 0 Å².